The average Bonchev–Trinajstić information content (AvgIpc) is 2.76. The normalized spacial score (nSPS) is 18.2. The predicted octanol–water partition coefficient (Wildman–Crippen LogP) is -0.214. The molecule has 1 N–H and O–H groups in total. The second kappa shape index (κ2) is 5.18. The highest BCUT2D eigenvalue weighted by molar-refractivity contribution is 4.92. The van der Waals surface area contributed by atoms with Crippen molar-refractivity contribution in [2.75, 3.05) is 26.8 Å². The van der Waals surface area contributed by atoms with Crippen molar-refractivity contribution in [3.05, 3.63) is 5.82 Å². The van der Waals surface area contributed by atoms with Gasteiger partial charge in [-0.25, -0.2) is 0 Å². The van der Waals surface area contributed by atoms with Gasteiger partial charge in [-0.15, -0.1) is 10.2 Å². The topological polar surface area (TPSA) is 64.9 Å². The van der Waals surface area contributed by atoms with Crippen molar-refractivity contribution in [2.45, 2.75) is 25.3 Å². The van der Waals surface area contributed by atoms with Gasteiger partial charge in [0.25, 0.3) is 0 Å². The lowest BCUT2D eigenvalue weighted by molar-refractivity contribution is 0.0835. The lowest BCUT2D eigenvalue weighted by Gasteiger charge is -2.18. The van der Waals surface area contributed by atoms with Crippen molar-refractivity contribution >= 4 is 0 Å². The minimum atomic E-state index is 0.432. The van der Waals surface area contributed by atoms with Gasteiger partial charge in [0.2, 0.25) is 0 Å². The zero-order valence-corrected chi connectivity index (χ0v) is 9.02. The minimum absolute atomic E-state index is 0.432. The number of nitrogens with one attached hydrogen (secondary N) is 1. The average molecular weight is 211 g/mol. The first-order valence-electron chi connectivity index (χ1n) is 5.40. The predicted molar refractivity (Wildman–Crippen MR) is 54.5 cm³/mol. The van der Waals surface area contributed by atoms with Crippen molar-refractivity contribution in [3.63, 3.8) is 0 Å². The maximum atomic E-state index is 5.30. The summed E-state index contributed by atoms with van der Waals surface area (Å²) < 4.78 is 5.30. The Balaban J connectivity index is 1.93. The lowest BCUT2D eigenvalue weighted by Crippen LogP contribution is -2.18. The number of ether oxygens (including phenoxy) is 1. The molecule has 1 aromatic heterocycles. The maximum Gasteiger partial charge on any atom is 0.178 e. The molecule has 0 amide bonds. The van der Waals surface area contributed by atoms with Gasteiger partial charge in [-0.1, -0.05) is 0 Å². The monoisotopic (exact) mass is 211 g/mol. The fourth-order valence-corrected chi connectivity index (χ4v) is 1.68. The van der Waals surface area contributed by atoms with Gasteiger partial charge in [-0.05, 0) is 25.1 Å². The fraction of sp³-hybridized carbons (Fsp3) is 0.889. The van der Waals surface area contributed by atoms with E-state index in [9.17, 15) is 0 Å². The summed E-state index contributed by atoms with van der Waals surface area (Å²) in [6, 6.07) is 0. The highest BCUT2D eigenvalue weighted by Gasteiger charge is 2.20. The molecule has 6 heteroatoms. The lowest BCUT2D eigenvalue weighted by atomic mass is 10.00. The van der Waals surface area contributed by atoms with Crippen LogP contribution in [0.15, 0.2) is 0 Å². The Morgan fingerprint density at radius 3 is 3.00 bits per heavy atom. The van der Waals surface area contributed by atoms with Crippen LogP contribution in [0.5, 0.6) is 0 Å². The molecule has 0 aromatic carbocycles. The fourth-order valence-electron chi connectivity index (χ4n) is 1.68. The molecule has 2 heterocycles. The highest BCUT2D eigenvalue weighted by Crippen LogP contribution is 2.22. The maximum absolute atomic E-state index is 5.30. The van der Waals surface area contributed by atoms with E-state index in [2.05, 4.69) is 20.7 Å². The van der Waals surface area contributed by atoms with Gasteiger partial charge in [0.05, 0.1) is 6.54 Å². The van der Waals surface area contributed by atoms with Crippen molar-refractivity contribution in [3.8, 4) is 0 Å². The summed E-state index contributed by atoms with van der Waals surface area (Å²) in [6.45, 7) is 3.27. The third-order valence-corrected chi connectivity index (χ3v) is 2.62. The Kier molecular flexibility index (Phi) is 3.63. The largest absolute Gasteiger partial charge is 0.381 e. The molecule has 2 rings (SSSR count). The van der Waals surface area contributed by atoms with Gasteiger partial charge in [-0.2, -0.15) is 4.80 Å². The molecule has 0 saturated carbocycles. The molecule has 0 atom stereocenters. The van der Waals surface area contributed by atoms with Crippen LogP contribution in [0.2, 0.25) is 0 Å². The van der Waals surface area contributed by atoms with Crippen LogP contribution in [-0.2, 0) is 11.3 Å². The molecular weight excluding hydrogens is 194 g/mol. The van der Waals surface area contributed by atoms with Crippen molar-refractivity contribution in [1.29, 1.82) is 0 Å². The zero-order valence-electron chi connectivity index (χ0n) is 9.02. The molecule has 0 spiro atoms. The summed E-state index contributed by atoms with van der Waals surface area (Å²) >= 11 is 0. The standard InChI is InChI=1S/C9H17N5O/c1-10-4-5-14-12-9(11-13-14)8-2-6-15-7-3-8/h8,10H,2-7H2,1H3. The number of likely N-dealkylation sites (N-methyl/N-ethyl adjacent to an activating group) is 1. The molecule has 1 saturated heterocycles. The van der Waals surface area contributed by atoms with E-state index < -0.39 is 0 Å². The molecular formula is C9H17N5O. The number of aromatic nitrogens is 4. The van der Waals surface area contributed by atoms with E-state index in [0.29, 0.717) is 5.92 Å². The zero-order chi connectivity index (χ0) is 10.5. The van der Waals surface area contributed by atoms with E-state index in [-0.39, 0.29) is 0 Å². The van der Waals surface area contributed by atoms with E-state index in [1.54, 1.807) is 4.80 Å². The molecule has 0 unspecified atom stereocenters. The molecule has 0 bridgehead atoms. The quantitative estimate of drug-likeness (QED) is 0.746. The van der Waals surface area contributed by atoms with Crippen LogP contribution in [0.1, 0.15) is 24.6 Å². The number of hydrogen-bond acceptors (Lipinski definition) is 5. The van der Waals surface area contributed by atoms with Crippen LogP contribution in [0.3, 0.4) is 0 Å². The summed E-state index contributed by atoms with van der Waals surface area (Å²) in [5.41, 5.74) is 0. The highest BCUT2D eigenvalue weighted by atomic mass is 16.5. The molecule has 1 aliphatic heterocycles. The summed E-state index contributed by atoms with van der Waals surface area (Å²) in [5, 5.41) is 15.5. The Hall–Kier alpha value is -1.01. The van der Waals surface area contributed by atoms with Crippen LogP contribution in [0, 0.1) is 0 Å². The summed E-state index contributed by atoms with van der Waals surface area (Å²) in [5.74, 6) is 1.30. The third-order valence-electron chi connectivity index (χ3n) is 2.62. The number of hydrogen-bond donors (Lipinski definition) is 1. The number of nitrogens with zero attached hydrogens (tertiary/aromatic N) is 4. The Morgan fingerprint density at radius 2 is 2.27 bits per heavy atom. The first-order chi connectivity index (χ1) is 7.40. The van der Waals surface area contributed by atoms with E-state index >= 15 is 0 Å². The smallest absolute Gasteiger partial charge is 0.178 e. The van der Waals surface area contributed by atoms with Gasteiger partial charge in [0.15, 0.2) is 5.82 Å². The van der Waals surface area contributed by atoms with Crippen LogP contribution in [0.25, 0.3) is 0 Å². The number of rotatable bonds is 4. The second-order valence-corrected chi connectivity index (χ2v) is 3.73. The molecule has 0 aliphatic carbocycles. The summed E-state index contributed by atoms with van der Waals surface area (Å²) in [4.78, 5) is 1.65. The molecule has 0 radical (unpaired) electrons. The van der Waals surface area contributed by atoms with Gasteiger partial charge >= 0.3 is 0 Å². The SMILES string of the molecule is CNCCn1nnc(C2CCOCC2)n1. The van der Waals surface area contributed by atoms with Crippen molar-refractivity contribution in [2.24, 2.45) is 0 Å². The first-order valence-corrected chi connectivity index (χ1v) is 5.40. The Labute approximate surface area is 89.0 Å². The van der Waals surface area contributed by atoms with E-state index in [4.69, 9.17) is 4.74 Å². The molecule has 1 aromatic rings. The summed E-state index contributed by atoms with van der Waals surface area (Å²) in [6.07, 6.45) is 2.02. The molecule has 15 heavy (non-hydrogen) atoms. The van der Waals surface area contributed by atoms with Gasteiger partial charge in [0.1, 0.15) is 0 Å². The van der Waals surface area contributed by atoms with Crippen LogP contribution in [-0.4, -0.2) is 47.0 Å². The van der Waals surface area contributed by atoms with Crippen LogP contribution < -0.4 is 5.32 Å². The molecule has 1 aliphatic rings. The van der Waals surface area contributed by atoms with E-state index in [1.807, 2.05) is 7.05 Å². The van der Waals surface area contributed by atoms with Crippen molar-refractivity contribution in [1.82, 2.24) is 25.5 Å². The van der Waals surface area contributed by atoms with Crippen LogP contribution >= 0.6 is 0 Å². The molecule has 84 valence electrons. The molecule has 6 nitrogen and oxygen atoms in total. The second-order valence-electron chi connectivity index (χ2n) is 3.73. The Morgan fingerprint density at radius 1 is 1.47 bits per heavy atom. The third kappa shape index (κ3) is 2.73. The van der Waals surface area contributed by atoms with Gasteiger partial charge in [-0.3, -0.25) is 0 Å². The summed E-state index contributed by atoms with van der Waals surface area (Å²) in [7, 11) is 1.91. The van der Waals surface area contributed by atoms with Gasteiger partial charge < -0.3 is 10.1 Å². The van der Waals surface area contributed by atoms with E-state index in [1.165, 1.54) is 0 Å². The molecule has 1 fully saturated rings. The number of tetrazole rings is 1. The van der Waals surface area contributed by atoms with Crippen LogP contribution in [0.4, 0.5) is 0 Å². The minimum Gasteiger partial charge on any atom is -0.381 e. The van der Waals surface area contributed by atoms with Crippen molar-refractivity contribution < 1.29 is 4.74 Å². The van der Waals surface area contributed by atoms with E-state index in [0.717, 1.165) is 45.0 Å². The Bertz CT molecular complexity index is 294. The first kappa shape index (κ1) is 10.5. The van der Waals surface area contributed by atoms with Gasteiger partial charge in [0, 0.05) is 25.7 Å².